The molecule has 19 heteroatoms. The summed E-state index contributed by atoms with van der Waals surface area (Å²) in [6.07, 6.45) is 50.7. The van der Waals surface area contributed by atoms with Crippen molar-refractivity contribution in [3.8, 4) is 0 Å². The van der Waals surface area contributed by atoms with Crippen molar-refractivity contribution in [2.24, 2.45) is 11.8 Å². The van der Waals surface area contributed by atoms with Crippen LogP contribution >= 0.6 is 15.6 Å². The molecule has 0 aliphatic carbocycles. The molecule has 530 valence electrons. The minimum absolute atomic E-state index is 0.0847. The van der Waals surface area contributed by atoms with E-state index < -0.39 is 97.5 Å². The summed E-state index contributed by atoms with van der Waals surface area (Å²) in [5, 5.41) is 10.6. The lowest BCUT2D eigenvalue weighted by Gasteiger charge is -2.21. The number of carbonyl (C=O) groups excluding carboxylic acids is 4. The Hall–Kier alpha value is -2.46. The van der Waals surface area contributed by atoms with Gasteiger partial charge in [-0.15, -0.1) is 0 Å². The average molecular weight is 1320 g/mol. The third kappa shape index (κ3) is 63.0. The fourth-order valence-electron chi connectivity index (χ4n) is 10.2. The van der Waals surface area contributed by atoms with E-state index in [2.05, 4.69) is 65.8 Å². The fourth-order valence-corrected chi connectivity index (χ4v) is 11.8. The molecule has 0 aliphatic rings. The highest BCUT2D eigenvalue weighted by molar-refractivity contribution is 7.47. The van der Waals surface area contributed by atoms with Gasteiger partial charge >= 0.3 is 39.5 Å². The first kappa shape index (κ1) is 87.5. The maximum absolute atomic E-state index is 13.0. The van der Waals surface area contributed by atoms with Crippen LogP contribution < -0.4 is 0 Å². The van der Waals surface area contributed by atoms with Gasteiger partial charge in [0.25, 0.3) is 0 Å². The molecule has 0 fully saturated rings. The first-order chi connectivity index (χ1) is 43.4. The van der Waals surface area contributed by atoms with Gasteiger partial charge in [0.1, 0.15) is 19.3 Å². The number of phosphoric acid groups is 2. The van der Waals surface area contributed by atoms with Crippen LogP contribution in [-0.2, 0) is 65.4 Å². The van der Waals surface area contributed by atoms with E-state index in [1.807, 2.05) is 0 Å². The molecule has 17 nitrogen and oxygen atoms in total. The molecule has 0 aromatic heterocycles. The van der Waals surface area contributed by atoms with Crippen molar-refractivity contribution in [3.05, 3.63) is 24.3 Å². The van der Waals surface area contributed by atoms with Crippen molar-refractivity contribution in [3.63, 3.8) is 0 Å². The average Bonchev–Trinajstić information content (AvgIpc) is 3.27. The second-order valence-electron chi connectivity index (χ2n) is 25.7. The number of carbonyl (C=O) groups is 4. The van der Waals surface area contributed by atoms with E-state index in [1.165, 1.54) is 135 Å². The highest BCUT2D eigenvalue weighted by Crippen LogP contribution is 2.45. The summed E-state index contributed by atoms with van der Waals surface area (Å²) in [5.74, 6) is -0.656. The zero-order valence-electron chi connectivity index (χ0n) is 57.9. The molecule has 0 spiro atoms. The molecule has 6 atom stereocenters. The van der Waals surface area contributed by atoms with Crippen LogP contribution in [-0.4, -0.2) is 96.7 Å². The number of rotatable bonds is 68. The van der Waals surface area contributed by atoms with Crippen molar-refractivity contribution in [2.45, 2.75) is 355 Å². The summed E-state index contributed by atoms with van der Waals surface area (Å²) >= 11 is 0. The van der Waals surface area contributed by atoms with Gasteiger partial charge in [-0.25, -0.2) is 9.13 Å². The Morgan fingerprint density at radius 2 is 0.656 bits per heavy atom. The van der Waals surface area contributed by atoms with E-state index >= 15 is 0 Å². The fraction of sp³-hybridized carbons (Fsp3) is 0.887. The number of allylic oxidation sites excluding steroid dienone is 4. The molecular weight excluding hydrogens is 1190 g/mol. The zero-order valence-corrected chi connectivity index (χ0v) is 59.7. The van der Waals surface area contributed by atoms with Crippen molar-refractivity contribution >= 4 is 39.5 Å². The van der Waals surface area contributed by atoms with Crippen LogP contribution in [0.1, 0.15) is 337 Å². The van der Waals surface area contributed by atoms with E-state index in [1.54, 1.807) is 0 Å². The minimum Gasteiger partial charge on any atom is -0.462 e. The molecule has 0 heterocycles. The topological polar surface area (TPSA) is 237 Å². The van der Waals surface area contributed by atoms with Crippen molar-refractivity contribution in [1.82, 2.24) is 0 Å². The minimum atomic E-state index is -4.96. The van der Waals surface area contributed by atoms with Crippen LogP contribution in [0.2, 0.25) is 0 Å². The van der Waals surface area contributed by atoms with E-state index in [0.29, 0.717) is 25.7 Å². The van der Waals surface area contributed by atoms with E-state index in [0.717, 1.165) is 121 Å². The third-order valence-corrected chi connectivity index (χ3v) is 18.1. The summed E-state index contributed by atoms with van der Waals surface area (Å²) in [6.45, 7) is 9.44. The molecular formula is C71H134O17P2. The van der Waals surface area contributed by atoms with Crippen LogP contribution in [0.3, 0.4) is 0 Å². The molecule has 0 bridgehead atoms. The van der Waals surface area contributed by atoms with Crippen LogP contribution in [0.25, 0.3) is 0 Å². The number of unbranched alkanes of at least 4 members (excludes halogenated alkanes) is 34. The smallest absolute Gasteiger partial charge is 0.462 e. The van der Waals surface area contributed by atoms with Crippen LogP contribution in [0.5, 0.6) is 0 Å². The van der Waals surface area contributed by atoms with E-state index in [4.69, 9.17) is 37.0 Å². The van der Waals surface area contributed by atoms with Gasteiger partial charge in [-0.3, -0.25) is 37.3 Å². The van der Waals surface area contributed by atoms with Gasteiger partial charge in [-0.1, -0.05) is 284 Å². The quantitative estimate of drug-likeness (QED) is 0.0169. The largest absolute Gasteiger partial charge is 0.472 e. The van der Waals surface area contributed by atoms with Crippen LogP contribution in [0.15, 0.2) is 24.3 Å². The molecule has 0 aliphatic heterocycles. The highest BCUT2D eigenvalue weighted by atomic mass is 31.2. The highest BCUT2D eigenvalue weighted by Gasteiger charge is 2.30. The SMILES string of the molecule is CCCCCC/C=C\C=C/CCCCCCCC(=O)O[C@H](COC(=O)CCCCCCCCCCCCCC(C)C)COP(=O)(O)OC[C@@H](O)COP(=O)(O)OC[C@@H](COC(=O)CCCCCCCCC(C)CC)OC(=O)CCCCCCCCCCCCC. The Morgan fingerprint density at radius 3 is 1.00 bits per heavy atom. The molecule has 3 unspecified atom stereocenters. The molecule has 0 rings (SSSR count). The Morgan fingerprint density at radius 1 is 0.367 bits per heavy atom. The lowest BCUT2D eigenvalue weighted by atomic mass is 10.00. The molecule has 0 amide bonds. The molecule has 0 saturated carbocycles. The predicted molar refractivity (Wildman–Crippen MR) is 363 cm³/mol. The summed E-state index contributed by atoms with van der Waals surface area (Å²) in [6, 6.07) is 0. The first-order valence-corrected chi connectivity index (χ1v) is 39.3. The van der Waals surface area contributed by atoms with Gasteiger partial charge in [0.15, 0.2) is 12.2 Å². The van der Waals surface area contributed by atoms with E-state index in [9.17, 15) is 43.2 Å². The van der Waals surface area contributed by atoms with Gasteiger partial charge < -0.3 is 33.8 Å². The Balaban J connectivity index is 5.29. The van der Waals surface area contributed by atoms with Gasteiger partial charge in [0.2, 0.25) is 0 Å². The Bertz CT molecular complexity index is 1850. The number of phosphoric ester groups is 2. The maximum Gasteiger partial charge on any atom is 0.472 e. The van der Waals surface area contributed by atoms with Gasteiger partial charge in [0, 0.05) is 25.7 Å². The predicted octanol–water partition coefficient (Wildman–Crippen LogP) is 19.9. The normalized spacial score (nSPS) is 14.6. The lowest BCUT2D eigenvalue weighted by Crippen LogP contribution is -2.30. The number of aliphatic hydroxyl groups is 1. The number of ether oxygens (including phenoxy) is 4. The standard InChI is InChI=1S/C71H134O17P2/c1-7-10-12-14-16-18-20-21-22-23-27-32-36-44-50-56-71(76)87-66(59-81-68(73)53-47-41-34-30-28-24-26-29-33-39-45-51-63(4)5)61-85-89(77,78)83-57-65(72)58-84-90(79,80)86-62-67(60-82-69(74)54-48-42-38-37-40-46-52-64(6)9-3)88-70(75)55-49-43-35-31-25-19-17-15-13-11-8-2/h18,20-22,63-67,72H,7-17,19,23-62H2,1-6H3,(H,77,78)(H,79,80)/b20-18-,22-21-/t64?,65-,66-,67-/m1/s1. The lowest BCUT2D eigenvalue weighted by molar-refractivity contribution is -0.161. The number of hydrogen-bond donors (Lipinski definition) is 3. The summed E-state index contributed by atoms with van der Waals surface area (Å²) in [5.41, 5.74) is 0. The molecule has 0 radical (unpaired) electrons. The number of hydrogen-bond acceptors (Lipinski definition) is 15. The molecule has 0 aromatic rings. The van der Waals surface area contributed by atoms with Gasteiger partial charge in [0.05, 0.1) is 26.4 Å². The first-order valence-electron chi connectivity index (χ1n) is 36.3. The Kier molecular flexibility index (Phi) is 60.9. The van der Waals surface area contributed by atoms with Gasteiger partial charge in [-0.05, 0) is 63.2 Å². The van der Waals surface area contributed by atoms with E-state index in [-0.39, 0.29) is 25.7 Å². The summed E-state index contributed by atoms with van der Waals surface area (Å²) in [4.78, 5) is 72.5. The van der Waals surface area contributed by atoms with Gasteiger partial charge in [-0.2, -0.15) is 0 Å². The third-order valence-electron chi connectivity index (χ3n) is 16.2. The monoisotopic (exact) mass is 1320 g/mol. The molecule has 3 N–H and O–H groups in total. The van der Waals surface area contributed by atoms with Crippen molar-refractivity contribution in [1.29, 1.82) is 0 Å². The molecule has 0 aromatic carbocycles. The second kappa shape index (κ2) is 62.6. The number of aliphatic hydroxyl groups excluding tert-OH is 1. The Labute approximate surface area is 548 Å². The molecule has 0 saturated heterocycles. The van der Waals surface area contributed by atoms with Crippen molar-refractivity contribution < 1.29 is 80.2 Å². The maximum atomic E-state index is 13.0. The molecule has 90 heavy (non-hydrogen) atoms. The van der Waals surface area contributed by atoms with Crippen molar-refractivity contribution in [2.75, 3.05) is 39.6 Å². The zero-order chi connectivity index (χ0) is 66.5. The second-order valence-corrected chi connectivity index (χ2v) is 28.6. The number of esters is 4. The summed E-state index contributed by atoms with van der Waals surface area (Å²) < 4.78 is 68.3. The summed E-state index contributed by atoms with van der Waals surface area (Å²) in [7, 11) is -9.91. The van der Waals surface area contributed by atoms with Crippen LogP contribution in [0.4, 0.5) is 0 Å². The van der Waals surface area contributed by atoms with Crippen LogP contribution in [0, 0.1) is 11.8 Å².